The van der Waals surface area contributed by atoms with Crippen molar-refractivity contribution in [2.75, 3.05) is 7.11 Å². The Labute approximate surface area is 173 Å². The first kappa shape index (κ1) is 21.1. The summed E-state index contributed by atoms with van der Waals surface area (Å²) in [6.07, 6.45) is 0.0952. The molecule has 0 fully saturated rings. The molecule has 0 aliphatic heterocycles. The number of carbonyl (C=O) groups excluding carboxylic acids is 1. The van der Waals surface area contributed by atoms with Crippen LogP contribution in [0.4, 0.5) is 0 Å². The van der Waals surface area contributed by atoms with Crippen molar-refractivity contribution in [3.05, 3.63) is 47.5 Å². The predicted molar refractivity (Wildman–Crippen MR) is 119 cm³/mol. The van der Waals surface area contributed by atoms with Crippen molar-refractivity contribution in [3.8, 4) is 0 Å². The van der Waals surface area contributed by atoms with Gasteiger partial charge in [-0.15, -0.1) is 16.1 Å². The minimum Gasteiger partial charge on any atom is -0.598 e. The molecule has 6 heteroatoms. The first-order valence-electron chi connectivity index (χ1n) is 9.23. The number of rotatable bonds is 5. The number of nitrogens with one attached hydrogen (secondary N) is 1. The fourth-order valence-corrected chi connectivity index (χ4v) is 5.12. The third-order valence-corrected chi connectivity index (χ3v) is 7.76. The van der Waals surface area contributed by atoms with Gasteiger partial charge in [-0.25, -0.2) is 0 Å². The van der Waals surface area contributed by atoms with Gasteiger partial charge in [0, 0.05) is 31.5 Å². The third kappa shape index (κ3) is 4.20. The molecule has 0 unspecified atom stereocenters. The topological polar surface area (TPSA) is 61.4 Å². The summed E-state index contributed by atoms with van der Waals surface area (Å²) < 4.78 is 22.9. The van der Waals surface area contributed by atoms with Crippen molar-refractivity contribution < 1.29 is 14.1 Å². The van der Waals surface area contributed by atoms with Gasteiger partial charge in [-0.1, -0.05) is 17.7 Å². The minimum atomic E-state index is -1.34. The highest BCUT2D eigenvalue weighted by molar-refractivity contribution is 7.90. The van der Waals surface area contributed by atoms with Crippen LogP contribution in [0.3, 0.4) is 0 Å². The molecule has 28 heavy (non-hydrogen) atoms. The standard InChI is InChI=1S/C22H27NO3S2/c1-14-7-9-18-16(11-14)17-12-15(8-10-19(17)27-18)22(5,13-20(24)26-6)23-28(25)21(2,3)4/h7-12,23H,13H2,1-6H3/t22-,28+/m0/s1. The van der Waals surface area contributed by atoms with E-state index in [1.807, 2.05) is 33.8 Å². The van der Waals surface area contributed by atoms with E-state index in [0.717, 1.165) is 10.9 Å². The molecule has 0 aliphatic carbocycles. The number of aryl methyl sites for hydroxylation is 1. The molecule has 4 nitrogen and oxygen atoms in total. The van der Waals surface area contributed by atoms with Gasteiger partial charge in [0.1, 0.15) is 4.75 Å². The van der Waals surface area contributed by atoms with Crippen LogP contribution in [-0.2, 0) is 26.4 Å². The van der Waals surface area contributed by atoms with Gasteiger partial charge in [-0.3, -0.25) is 4.79 Å². The van der Waals surface area contributed by atoms with Crippen LogP contribution in [0.25, 0.3) is 20.2 Å². The van der Waals surface area contributed by atoms with E-state index in [0.29, 0.717) is 0 Å². The Hall–Kier alpha value is -1.60. The van der Waals surface area contributed by atoms with Crippen LogP contribution in [-0.4, -0.2) is 22.4 Å². The molecule has 0 aliphatic rings. The fourth-order valence-electron chi connectivity index (χ4n) is 3.15. The molecule has 0 amide bonds. The van der Waals surface area contributed by atoms with Gasteiger partial charge in [0.25, 0.3) is 0 Å². The van der Waals surface area contributed by atoms with Crippen molar-refractivity contribution >= 4 is 48.8 Å². The van der Waals surface area contributed by atoms with E-state index in [4.69, 9.17) is 4.74 Å². The van der Waals surface area contributed by atoms with Gasteiger partial charge < -0.3 is 9.29 Å². The molecule has 0 saturated carbocycles. The van der Waals surface area contributed by atoms with E-state index >= 15 is 0 Å². The Morgan fingerprint density at radius 3 is 2.32 bits per heavy atom. The normalized spacial score (nSPS) is 15.5. The molecule has 1 aromatic heterocycles. The summed E-state index contributed by atoms with van der Waals surface area (Å²) in [5.41, 5.74) is 1.32. The van der Waals surface area contributed by atoms with Crippen LogP contribution in [0.2, 0.25) is 0 Å². The second-order valence-electron chi connectivity index (χ2n) is 8.38. The van der Waals surface area contributed by atoms with Gasteiger partial charge in [-0.2, -0.15) is 0 Å². The average molecular weight is 418 g/mol. The Balaban J connectivity index is 2.12. The van der Waals surface area contributed by atoms with E-state index in [1.54, 1.807) is 11.3 Å². The third-order valence-electron chi connectivity index (χ3n) is 4.86. The van der Waals surface area contributed by atoms with E-state index in [1.165, 1.54) is 27.5 Å². The number of fused-ring (bicyclic) bond motifs is 3. The molecule has 2 atom stereocenters. The summed E-state index contributed by atoms with van der Waals surface area (Å²) in [7, 11) is 1.38. The van der Waals surface area contributed by atoms with Crippen LogP contribution in [0.15, 0.2) is 36.4 Å². The maximum atomic E-state index is 12.8. The van der Waals surface area contributed by atoms with Crippen molar-refractivity contribution in [2.45, 2.75) is 51.3 Å². The Bertz CT molecular complexity index is 1020. The lowest BCUT2D eigenvalue weighted by Crippen LogP contribution is -2.50. The second kappa shape index (κ2) is 7.67. The van der Waals surface area contributed by atoms with Crippen LogP contribution in [0, 0.1) is 6.92 Å². The molecule has 2 aromatic carbocycles. The maximum Gasteiger partial charge on any atom is 0.307 e. The zero-order valence-electron chi connectivity index (χ0n) is 17.2. The Kier molecular flexibility index (Phi) is 5.79. The number of thiophene rings is 1. The van der Waals surface area contributed by atoms with E-state index < -0.39 is 21.6 Å². The molecule has 0 saturated heterocycles. The summed E-state index contributed by atoms with van der Waals surface area (Å²) >= 11 is 0.419. The number of methoxy groups -OCH3 is 1. The monoisotopic (exact) mass is 417 g/mol. The summed E-state index contributed by atoms with van der Waals surface area (Å²) in [5, 5.41) is 2.36. The zero-order chi connectivity index (χ0) is 20.7. The fraction of sp³-hybridized carbons (Fsp3) is 0.409. The highest BCUT2D eigenvalue weighted by Gasteiger charge is 2.39. The Morgan fingerprint density at radius 1 is 1.11 bits per heavy atom. The summed E-state index contributed by atoms with van der Waals surface area (Å²) in [6.45, 7) is 9.73. The lowest BCUT2D eigenvalue weighted by Gasteiger charge is -2.34. The smallest absolute Gasteiger partial charge is 0.307 e. The summed E-state index contributed by atoms with van der Waals surface area (Å²) in [6, 6.07) is 12.7. The molecule has 0 radical (unpaired) electrons. The first-order chi connectivity index (χ1) is 13.0. The van der Waals surface area contributed by atoms with Gasteiger partial charge in [0.05, 0.1) is 19.1 Å². The summed E-state index contributed by atoms with van der Waals surface area (Å²) in [5.74, 6) is -0.341. The minimum absolute atomic E-state index is 0.0952. The highest BCUT2D eigenvalue weighted by Crippen LogP contribution is 2.38. The molecule has 150 valence electrons. The zero-order valence-corrected chi connectivity index (χ0v) is 18.8. The van der Waals surface area contributed by atoms with Gasteiger partial charge in [0.15, 0.2) is 0 Å². The van der Waals surface area contributed by atoms with Crippen molar-refractivity contribution in [1.29, 1.82) is 0 Å². The van der Waals surface area contributed by atoms with Crippen molar-refractivity contribution in [1.82, 2.24) is 4.72 Å². The van der Waals surface area contributed by atoms with Crippen molar-refractivity contribution in [2.24, 2.45) is 0 Å². The lowest BCUT2D eigenvalue weighted by atomic mass is 9.89. The van der Waals surface area contributed by atoms with Gasteiger partial charge in [0.2, 0.25) is 0 Å². The quantitative estimate of drug-likeness (QED) is 0.458. The Morgan fingerprint density at radius 2 is 1.71 bits per heavy atom. The van der Waals surface area contributed by atoms with Gasteiger partial charge >= 0.3 is 5.97 Å². The number of carbonyl (C=O) groups is 1. The number of hydrogen-bond donors (Lipinski definition) is 1. The first-order valence-corrected chi connectivity index (χ1v) is 11.2. The maximum absolute atomic E-state index is 12.8. The van der Waals surface area contributed by atoms with E-state index in [2.05, 4.69) is 42.0 Å². The number of esters is 1. The number of ether oxygens (including phenoxy) is 1. The summed E-state index contributed by atoms with van der Waals surface area (Å²) in [4.78, 5) is 12.1. The SMILES string of the molecule is COC(=O)C[C@](C)(N[S@+]([O-])C(C)(C)C)c1ccc2sc3ccc(C)cc3c2c1. The number of benzene rings is 2. The number of hydrogen-bond acceptors (Lipinski definition) is 5. The van der Waals surface area contributed by atoms with E-state index in [9.17, 15) is 9.35 Å². The van der Waals surface area contributed by atoms with Crippen LogP contribution in [0.5, 0.6) is 0 Å². The average Bonchev–Trinajstić information content (AvgIpc) is 2.97. The largest absolute Gasteiger partial charge is 0.598 e. The molecule has 1 heterocycles. The molecular formula is C22H27NO3S2. The van der Waals surface area contributed by atoms with Crippen molar-refractivity contribution in [3.63, 3.8) is 0 Å². The predicted octanol–water partition coefficient (Wildman–Crippen LogP) is 5.19. The van der Waals surface area contributed by atoms with Crippen LogP contribution >= 0.6 is 11.3 Å². The second-order valence-corrected chi connectivity index (χ2v) is 11.4. The van der Waals surface area contributed by atoms with Gasteiger partial charge in [-0.05, 0) is 64.4 Å². The van der Waals surface area contributed by atoms with Crippen LogP contribution in [0.1, 0.15) is 45.2 Å². The lowest BCUT2D eigenvalue weighted by molar-refractivity contribution is -0.142. The van der Waals surface area contributed by atoms with E-state index in [-0.39, 0.29) is 12.4 Å². The molecular weight excluding hydrogens is 390 g/mol. The highest BCUT2D eigenvalue weighted by atomic mass is 32.2. The molecule has 3 aromatic rings. The molecule has 1 N–H and O–H groups in total. The molecule has 0 spiro atoms. The molecule has 0 bridgehead atoms. The van der Waals surface area contributed by atoms with Crippen LogP contribution < -0.4 is 4.72 Å². The molecule has 3 rings (SSSR count).